The van der Waals surface area contributed by atoms with Gasteiger partial charge in [0.1, 0.15) is 0 Å². The van der Waals surface area contributed by atoms with Crippen LogP contribution in [0.2, 0.25) is 0 Å². The smallest absolute Gasteiger partial charge is 0.268 e. The Morgan fingerprint density at radius 1 is 1.20 bits per heavy atom. The first-order valence-electron chi connectivity index (χ1n) is 11.9. The van der Waals surface area contributed by atoms with Gasteiger partial charge in [0.25, 0.3) is 5.91 Å². The highest BCUT2D eigenvalue weighted by Gasteiger charge is 2.39. The number of nitriles is 1. The molecule has 0 bridgehead atoms. The van der Waals surface area contributed by atoms with Crippen molar-refractivity contribution in [2.24, 2.45) is 0 Å². The fourth-order valence-corrected chi connectivity index (χ4v) is 5.54. The highest BCUT2D eigenvalue weighted by atomic mass is 32.2. The van der Waals surface area contributed by atoms with Crippen molar-refractivity contribution in [1.82, 2.24) is 4.90 Å². The summed E-state index contributed by atoms with van der Waals surface area (Å²) in [5.74, 6) is -0.0158. The van der Waals surface area contributed by atoms with E-state index in [-0.39, 0.29) is 11.9 Å². The average Bonchev–Trinajstić information content (AvgIpc) is 3.18. The predicted molar refractivity (Wildman–Crippen MR) is 149 cm³/mol. The number of thioether (sulfide) groups is 1. The molecule has 1 aliphatic heterocycles. The fraction of sp³-hybridized carbons (Fsp3) is 0.370. The van der Waals surface area contributed by atoms with E-state index in [0.29, 0.717) is 15.6 Å². The number of carbonyl (C=O) groups is 1. The summed E-state index contributed by atoms with van der Waals surface area (Å²) < 4.78 is 0. The Hall–Kier alpha value is -2.89. The lowest BCUT2D eigenvalue weighted by Gasteiger charge is -2.30. The number of allylic oxidation sites excluding steroid dienone is 1. The molecule has 0 radical (unpaired) electrons. The van der Waals surface area contributed by atoms with Crippen molar-refractivity contribution in [3.8, 4) is 6.07 Å². The molecule has 0 aromatic heterocycles. The number of benzene rings is 2. The van der Waals surface area contributed by atoms with Gasteiger partial charge in [0.2, 0.25) is 0 Å². The van der Waals surface area contributed by atoms with Gasteiger partial charge in [0.15, 0.2) is 5.17 Å². The van der Waals surface area contributed by atoms with Crippen molar-refractivity contribution in [3.63, 3.8) is 0 Å². The van der Waals surface area contributed by atoms with Crippen molar-refractivity contribution < 1.29 is 4.79 Å². The molecule has 0 unspecified atom stereocenters. The Morgan fingerprint density at radius 3 is 2.46 bits per heavy atom. The van der Waals surface area contributed by atoms with Crippen molar-refractivity contribution >= 4 is 46.8 Å². The molecule has 1 aliphatic carbocycles. The van der Waals surface area contributed by atoms with Gasteiger partial charge in [-0.05, 0) is 74.8 Å². The van der Waals surface area contributed by atoms with E-state index < -0.39 is 0 Å². The van der Waals surface area contributed by atoms with Gasteiger partial charge in [-0.15, -0.1) is 12.6 Å². The topological polar surface area (TPSA) is 83.2 Å². The zero-order chi connectivity index (χ0) is 25.4. The van der Waals surface area contributed by atoms with Crippen LogP contribution in [-0.4, -0.2) is 35.6 Å². The van der Waals surface area contributed by atoms with Crippen LogP contribution in [0.25, 0.3) is 0 Å². The minimum absolute atomic E-state index is 0.0158. The third kappa shape index (κ3) is 6.62. The summed E-state index contributed by atoms with van der Waals surface area (Å²) in [5, 5.41) is 20.3. The summed E-state index contributed by atoms with van der Waals surface area (Å²) in [6.07, 6.45) is 5.56. The molecule has 2 aromatic rings. The van der Waals surface area contributed by atoms with E-state index in [1.54, 1.807) is 17.0 Å². The average molecular weight is 508 g/mol. The Morgan fingerprint density at radius 2 is 1.86 bits per heavy atom. The van der Waals surface area contributed by atoms with Crippen molar-refractivity contribution in [2.45, 2.75) is 56.9 Å². The van der Waals surface area contributed by atoms with Crippen LogP contribution in [-0.2, 0) is 4.79 Å². The number of nitrogens with one attached hydrogen (secondary N) is 2. The second-order valence-corrected chi connectivity index (χ2v) is 10.0. The minimum atomic E-state index is -0.0158. The first-order chi connectivity index (χ1) is 16.9. The quantitative estimate of drug-likeness (QED) is 0.319. The molecule has 4 rings (SSSR count). The number of thiol groups is 1. The fourth-order valence-electron chi connectivity index (χ4n) is 4.24. The minimum Gasteiger partial charge on any atom is -0.385 e. The Kier molecular flexibility index (Phi) is 9.70. The van der Waals surface area contributed by atoms with Gasteiger partial charge in [-0.1, -0.05) is 31.4 Å². The lowest BCUT2D eigenvalue weighted by molar-refractivity contribution is -0.124. The number of nitrogens with zero attached hydrogens (tertiary/aromatic N) is 3. The number of para-hydroxylation sites is 1. The maximum Gasteiger partial charge on any atom is 0.268 e. The van der Waals surface area contributed by atoms with E-state index in [9.17, 15) is 4.79 Å². The molecule has 35 heavy (non-hydrogen) atoms. The molecule has 8 heteroatoms. The summed E-state index contributed by atoms with van der Waals surface area (Å²) >= 11 is 5.79. The molecule has 2 N–H and O–H groups in total. The number of carbonyl (C=O) groups excluding carboxylic acids is 1. The Balaban J connectivity index is 0.000000261. The summed E-state index contributed by atoms with van der Waals surface area (Å²) in [6, 6.07) is 17.5. The number of anilines is 2. The molecule has 2 fully saturated rings. The number of amides is 1. The standard InChI is InChI=1S/C18H23N3OS2.C9H10N2/c1-12(20(2)14-10-6-7-11-15(14)23)16-17(22)21(18(19)24-16)13-8-4-3-5-9-13;1-2-11-9-5-3-8(7-10)4-6-9/h6-7,10-11,13,19,23H,3-5,8-9H2,1-2H3;3-6,11H,2H2,1H3/b16-12+,19-18?;. The van der Waals surface area contributed by atoms with Crippen molar-refractivity contribution in [2.75, 3.05) is 23.8 Å². The number of hydrogen-bond acceptors (Lipinski definition) is 7. The Labute approximate surface area is 218 Å². The molecular formula is C27H33N5OS2. The van der Waals surface area contributed by atoms with Crippen molar-refractivity contribution in [1.29, 1.82) is 10.7 Å². The van der Waals surface area contributed by atoms with E-state index in [4.69, 9.17) is 10.7 Å². The normalized spacial score (nSPS) is 17.4. The predicted octanol–water partition coefficient (Wildman–Crippen LogP) is 6.48. The van der Waals surface area contributed by atoms with Crippen LogP contribution < -0.4 is 10.2 Å². The zero-order valence-electron chi connectivity index (χ0n) is 20.5. The molecule has 1 saturated heterocycles. The van der Waals surface area contributed by atoms with Gasteiger partial charge in [-0.25, -0.2) is 0 Å². The monoisotopic (exact) mass is 507 g/mol. The van der Waals surface area contributed by atoms with Gasteiger partial charge in [-0.2, -0.15) is 5.26 Å². The van der Waals surface area contributed by atoms with Crippen molar-refractivity contribution in [3.05, 3.63) is 64.7 Å². The second-order valence-electron chi connectivity index (χ2n) is 8.56. The van der Waals surface area contributed by atoms with Crippen LogP contribution in [0.3, 0.4) is 0 Å². The first kappa shape index (κ1) is 26.7. The van der Waals surface area contributed by atoms with E-state index >= 15 is 0 Å². The lowest BCUT2D eigenvalue weighted by Crippen LogP contribution is -2.40. The molecule has 2 aliphatic rings. The van der Waals surface area contributed by atoms with Crippen LogP contribution >= 0.6 is 24.4 Å². The van der Waals surface area contributed by atoms with E-state index in [2.05, 4.69) is 24.0 Å². The molecule has 0 atom stereocenters. The van der Waals surface area contributed by atoms with Gasteiger partial charge in [0, 0.05) is 35.9 Å². The molecule has 0 spiro atoms. The Bertz CT molecular complexity index is 1120. The maximum absolute atomic E-state index is 12.9. The number of hydrogen-bond donors (Lipinski definition) is 3. The van der Waals surface area contributed by atoms with Crippen LogP contribution in [0.15, 0.2) is 64.0 Å². The number of rotatable bonds is 5. The van der Waals surface area contributed by atoms with E-state index in [1.165, 1.54) is 18.2 Å². The third-order valence-corrected chi connectivity index (χ3v) is 7.68. The number of amidine groups is 1. The highest BCUT2D eigenvalue weighted by molar-refractivity contribution is 8.18. The van der Waals surface area contributed by atoms with E-state index in [1.807, 2.05) is 62.2 Å². The maximum atomic E-state index is 12.9. The van der Waals surface area contributed by atoms with Crippen LogP contribution in [0.5, 0.6) is 0 Å². The molecule has 6 nitrogen and oxygen atoms in total. The molecule has 1 heterocycles. The molecular weight excluding hydrogens is 474 g/mol. The molecule has 184 valence electrons. The SMILES string of the molecule is C/C(=C1\SC(=N)N(C2CCCCC2)C1=O)N(C)c1ccccc1S.CCNc1ccc(C#N)cc1. The van der Waals surface area contributed by atoms with Gasteiger partial charge in [-0.3, -0.25) is 15.1 Å². The van der Waals surface area contributed by atoms with E-state index in [0.717, 1.165) is 54.2 Å². The summed E-state index contributed by atoms with van der Waals surface area (Å²) in [6.45, 7) is 4.89. The van der Waals surface area contributed by atoms with Crippen LogP contribution in [0.4, 0.5) is 11.4 Å². The first-order valence-corrected chi connectivity index (χ1v) is 13.2. The molecule has 2 aromatic carbocycles. The zero-order valence-corrected chi connectivity index (χ0v) is 22.3. The molecule has 1 amide bonds. The largest absolute Gasteiger partial charge is 0.385 e. The summed E-state index contributed by atoms with van der Waals surface area (Å²) in [5.41, 5.74) is 3.59. The summed E-state index contributed by atoms with van der Waals surface area (Å²) in [4.78, 5) is 18.2. The lowest BCUT2D eigenvalue weighted by atomic mass is 9.94. The van der Waals surface area contributed by atoms with Crippen LogP contribution in [0.1, 0.15) is 51.5 Å². The van der Waals surface area contributed by atoms with Gasteiger partial charge >= 0.3 is 0 Å². The summed E-state index contributed by atoms with van der Waals surface area (Å²) in [7, 11) is 1.94. The highest BCUT2D eigenvalue weighted by Crippen LogP contribution is 2.38. The van der Waals surface area contributed by atoms with Gasteiger partial charge < -0.3 is 10.2 Å². The third-order valence-electron chi connectivity index (χ3n) is 6.24. The van der Waals surface area contributed by atoms with Gasteiger partial charge in [0.05, 0.1) is 22.2 Å². The second kappa shape index (κ2) is 12.7. The molecule has 1 saturated carbocycles. The van der Waals surface area contributed by atoms with Crippen LogP contribution in [0, 0.1) is 16.7 Å².